The van der Waals surface area contributed by atoms with Gasteiger partial charge in [0.2, 0.25) is 0 Å². The highest BCUT2D eigenvalue weighted by atomic mass is 35.5. The summed E-state index contributed by atoms with van der Waals surface area (Å²) in [6.07, 6.45) is 0. The van der Waals surface area contributed by atoms with E-state index in [1.807, 2.05) is 0 Å². The SMILES string of the molecule is Nc1cccc2c1C(=O)N(C(=O)c1ccc([N+](=O)[O-])cc1Cl)C2=O. The summed E-state index contributed by atoms with van der Waals surface area (Å²) in [5.74, 6) is -2.64. The number of anilines is 1. The summed E-state index contributed by atoms with van der Waals surface area (Å²) in [6.45, 7) is 0. The van der Waals surface area contributed by atoms with Crippen LogP contribution in [0, 0.1) is 10.1 Å². The molecule has 120 valence electrons. The van der Waals surface area contributed by atoms with Gasteiger partial charge in [-0.3, -0.25) is 24.5 Å². The molecular formula is C15H8ClN3O5. The van der Waals surface area contributed by atoms with E-state index in [0.29, 0.717) is 4.90 Å². The van der Waals surface area contributed by atoms with Gasteiger partial charge in [0.05, 0.1) is 26.6 Å². The first-order valence-electron chi connectivity index (χ1n) is 6.58. The second kappa shape index (κ2) is 5.43. The van der Waals surface area contributed by atoms with Crippen molar-refractivity contribution in [1.29, 1.82) is 0 Å². The van der Waals surface area contributed by atoms with Crippen molar-refractivity contribution >= 4 is 40.7 Å². The molecule has 2 N–H and O–H groups in total. The molecule has 0 saturated carbocycles. The fourth-order valence-corrected chi connectivity index (χ4v) is 2.66. The number of hydrogen-bond donors (Lipinski definition) is 1. The molecular weight excluding hydrogens is 338 g/mol. The molecule has 0 saturated heterocycles. The van der Waals surface area contributed by atoms with Gasteiger partial charge in [0.15, 0.2) is 0 Å². The van der Waals surface area contributed by atoms with Gasteiger partial charge in [-0.25, -0.2) is 4.90 Å². The highest BCUT2D eigenvalue weighted by Crippen LogP contribution is 2.31. The van der Waals surface area contributed by atoms with Crippen molar-refractivity contribution < 1.29 is 19.3 Å². The molecule has 0 aliphatic carbocycles. The van der Waals surface area contributed by atoms with Crippen molar-refractivity contribution in [2.75, 3.05) is 5.73 Å². The molecule has 0 atom stereocenters. The molecule has 3 rings (SSSR count). The summed E-state index contributed by atoms with van der Waals surface area (Å²) >= 11 is 5.89. The maximum Gasteiger partial charge on any atom is 0.270 e. The van der Waals surface area contributed by atoms with E-state index in [1.54, 1.807) is 0 Å². The first kappa shape index (κ1) is 15.6. The third-order valence-corrected chi connectivity index (χ3v) is 3.86. The van der Waals surface area contributed by atoms with Gasteiger partial charge >= 0.3 is 0 Å². The number of rotatable bonds is 2. The number of amides is 3. The smallest absolute Gasteiger partial charge is 0.270 e. The van der Waals surface area contributed by atoms with Crippen molar-refractivity contribution in [2.24, 2.45) is 0 Å². The van der Waals surface area contributed by atoms with Crippen molar-refractivity contribution in [3.05, 3.63) is 68.2 Å². The summed E-state index contributed by atoms with van der Waals surface area (Å²) < 4.78 is 0. The van der Waals surface area contributed by atoms with Crippen LogP contribution in [0.25, 0.3) is 0 Å². The fraction of sp³-hybridized carbons (Fsp3) is 0. The molecule has 24 heavy (non-hydrogen) atoms. The van der Waals surface area contributed by atoms with Crippen molar-refractivity contribution in [3.63, 3.8) is 0 Å². The van der Waals surface area contributed by atoms with Crippen molar-refractivity contribution in [1.82, 2.24) is 4.90 Å². The number of benzene rings is 2. The number of nitro benzene ring substituents is 1. The molecule has 8 nitrogen and oxygen atoms in total. The van der Waals surface area contributed by atoms with Crippen LogP contribution in [0.3, 0.4) is 0 Å². The topological polar surface area (TPSA) is 124 Å². The maximum absolute atomic E-state index is 12.5. The lowest BCUT2D eigenvalue weighted by Gasteiger charge is -2.12. The first-order chi connectivity index (χ1) is 11.3. The Balaban J connectivity index is 2.04. The van der Waals surface area contributed by atoms with Crippen LogP contribution >= 0.6 is 11.6 Å². The summed E-state index contributed by atoms with van der Waals surface area (Å²) in [7, 11) is 0. The molecule has 0 aromatic heterocycles. The van der Waals surface area contributed by atoms with Crippen molar-refractivity contribution in [3.8, 4) is 0 Å². The Morgan fingerprint density at radius 1 is 1.17 bits per heavy atom. The third kappa shape index (κ3) is 2.20. The number of nitro groups is 1. The van der Waals surface area contributed by atoms with E-state index in [2.05, 4.69) is 0 Å². The second-order valence-electron chi connectivity index (χ2n) is 4.94. The molecule has 0 spiro atoms. The molecule has 9 heteroatoms. The number of carbonyl (C=O) groups excluding carboxylic acids is 3. The number of nitrogens with two attached hydrogens (primary N) is 1. The van der Waals surface area contributed by atoms with Gasteiger partial charge in [0, 0.05) is 17.8 Å². The van der Waals surface area contributed by atoms with Crippen LogP contribution in [0.15, 0.2) is 36.4 Å². The van der Waals surface area contributed by atoms with Gasteiger partial charge in [-0.1, -0.05) is 17.7 Å². The zero-order valence-corrected chi connectivity index (χ0v) is 12.6. The van der Waals surface area contributed by atoms with Gasteiger partial charge in [0.25, 0.3) is 23.4 Å². The average molecular weight is 346 g/mol. The van der Waals surface area contributed by atoms with E-state index in [9.17, 15) is 24.5 Å². The number of hydrogen-bond acceptors (Lipinski definition) is 6. The van der Waals surface area contributed by atoms with Crippen LogP contribution in [0.5, 0.6) is 0 Å². The third-order valence-electron chi connectivity index (χ3n) is 3.54. The molecule has 2 aromatic carbocycles. The van der Waals surface area contributed by atoms with Gasteiger partial charge in [-0.15, -0.1) is 0 Å². The number of halogens is 1. The standard InChI is InChI=1S/C15H8ClN3O5/c16-10-6-7(19(23)24)4-5-8(10)13(20)18-14(21)9-2-1-3-11(17)12(9)15(18)22/h1-6H,17H2. The Morgan fingerprint density at radius 3 is 2.46 bits per heavy atom. The normalized spacial score (nSPS) is 13.1. The Hall–Kier alpha value is -3.26. The highest BCUT2D eigenvalue weighted by molar-refractivity contribution is 6.37. The first-order valence-corrected chi connectivity index (χ1v) is 6.96. The van der Waals surface area contributed by atoms with Gasteiger partial charge in [-0.2, -0.15) is 0 Å². The number of fused-ring (bicyclic) bond motifs is 1. The van der Waals surface area contributed by atoms with Crippen LogP contribution in [0.2, 0.25) is 5.02 Å². The van der Waals surface area contributed by atoms with Crippen LogP contribution in [0.4, 0.5) is 11.4 Å². The summed E-state index contributed by atoms with van der Waals surface area (Å²) in [6, 6.07) is 7.45. The zero-order chi connectivity index (χ0) is 17.6. The summed E-state index contributed by atoms with van der Waals surface area (Å²) in [5.41, 5.74) is 5.23. The molecule has 0 bridgehead atoms. The highest BCUT2D eigenvalue weighted by Gasteiger charge is 2.42. The quantitative estimate of drug-likeness (QED) is 0.385. The predicted octanol–water partition coefficient (Wildman–Crippen LogP) is 2.27. The lowest BCUT2D eigenvalue weighted by atomic mass is 10.1. The van der Waals surface area contributed by atoms with E-state index < -0.39 is 22.6 Å². The van der Waals surface area contributed by atoms with E-state index in [4.69, 9.17) is 17.3 Å². The van der Waals surface area contributed by atoms with E-state index in [-0.39, 0.29) is 33.1 Å². The van der Waals surface area contributed by atoms with Gasteiger partial charge in [0.1, 0.15) is 0 Å². The molecule has 1 heterocycles. The molecule has 1 aliphatic heterocycles. The largest absolute Gasteiger partial charge is 0.398 e. The molecule has 0 radical (unpaired) electrons. The Bertz CT molecular complexity index is 941. The minimum Gasteiger partial charge on any atom is -0.398 e. The number of carbonyl (C=O) groups is 3. The predicted molar refractivity (Wildman–Crippen MR) is 83.8 cm³/mol. The fourth-order valence-electron chi connectivity index (χ4n) is 2.41. The summed E-state index contributed by atoms with van der Waals surface area (Å²) in [4.78, 5) is 47.7. The zero-order valence-electron chi connectivity index (χ0n) is 11.9. The Labute approximate surface area is 139 Å². The van der Waals surface area contributed by atoms with Crippen LogP contribution in [0.1, 0.15) is 31.1 Å². The second-order valence-corrected chi connectivity index (χ2v) is 5.35. The molecule has 0 fully saturated rings. The maximum atomic E-state index is 12.5. The lowest BCUT2D eigenvalue weighted by Crippen LogP contribution is -2.36. The number of imide groups is 3. The summed E-state index contributed by atoms with van der Waals surface area (Å²) in [5, 5.41) is 10.5. The molecule has 0 unspecified atom stereocenters. The minimum atomic E-state index is -0.972. The Kier molecular flexibility index (Phi) is 3.53. The average Bonchev–Trinajstić information content (AvgIpc) is 2.79. The lowest BCUT2D eigenvalue weighted by molar-refractivity contribution is -0.384. The number of non-ortho nitro benzene ring substituents is 1. The van der Waals surface area contributed by atoms with Crippen molar-refractivity contribution in [2.45, 2.75) is 0 Å². The number of nitrogen functional groups attached to an aromatic ring is 1. The van der Waals surface area contributed by atoms with Crippen LogP contribution < -0.4 is 5.73 Å². The van der Waals surface area contributed by atoms with Gasteiger partial charge < -0.3 is 5.73 Å². The monoisotopic (exact) mass is 345 g/mol. The van der Waals surface area contributed by atoms with Gasteiger partial charge in [-0.05, 0) is 18.2 Å². The molecule has 3 amide bonds. The van der Waals surface area contributed by atoms with E-state index in [0.717, 1.165) is 18.2 Å². The molecule has 1 aliphatic rings. The molecule has 2 aromatic rings. The van der Waals surface area contributed by atoms with E-state index >= 15 is 0 Å². The number of nitrogens with zero attached hydrogens (tertiary/aromatic N) is 2. The van der Waals surface area contributed by atoms with Crippen LogP contribution in [-0.4, -0.2) is 27.5 Å². The minimum absolute atomic E-state index is 0.0198. The van der Waals surface area contributed by atoms with E-state index in [1.165, 1.54) is 18.2 Å². The van der Waals surface area contributed by atoms with Crippen LogP contribution in [-0.2, 0) is 0 Å². The Morgan fingerprint density at radius 2 is 1.88 bits per heavy atom.